The molecule has 31 heavy (non-hydrogen) atoms. The molecule has 1 amide bonds. The molecule has 0 aliphatic rings. The first-order chi connectivity index (χ1) is 14.5. The van der Waals surface area contributed by atoms with Gasteiger partial charge in [0, 0.05) is 46.0 Å². The third kappa shape index (κ3) is 6.45. The van der Waals surface area contributed by atoms with Crippen molar-refractivity contribution in [2.24, 2.45) is 0 Å². The van der Waals surface area contributed by atoms with Crippen molar-refractivity contribution in [3.63, 3.8) is 0 Å². The monoisotopic (exact) mass is 622 g/mol. The van der Waals surface area contributed by atoms with Crippen molar-refractivity contribution in [1.82, 2.24) is 14.7 Å². The standard InChI is InChI=1S/C21H25ClN6O2.Pt/c1-3-17-19(28-13-15(22)6-9-18(28)27-17)20(29)26-12-14-4-7-16(8-5-14)24-10-11-25-21(23)30-2;/h4-9,13,24H,3,10-12H2,1-2H3,(H3,23,25,26,29);/p-1. The summed E-state index contributed by atoms with van der Waals surface area (Å²) in [6, 6.07) is 11.3. The Bertz CT molecular complexity index is 1040. The van der Waals surface area contributed by atoms with Crippen LogP contribution in [-0.4, -0.2) is 41.5 Å². The molecule has 0 saturated heterocycles. The molecular formula is C21H24ClN6O2Pt-. The summed E-state index contributed by atoms with van der Waals surface area (Å²) in [6.07, 6.45) is 2.36. The van der Waals surface area contributed by atoms with Gasteiger partial charge in [0.05, 0.1) is 23.8 Å². The van der Waals surface area contributed by atoms with E-state index >= 15 is 0 Å². The van der Waals surface area contributed by atoms with Gasteiger partial charge in [0.2, 0.25) is 0 Å². The Labute approximate surface area is 200 Å². The Morgan fingerprint density at radius 2 is 2.00 bits per heavy atom. The fourth-order valence-corrected chi connectivity index (χ4v) is 3.14. The number of aryl methyl sites for hydroxylation is 1. The van der Waals surface area contributed by atoms with Crippen molar-refractivity contribution in [3.05, 3.63) is 69.9 Å². The van der Waals surface area contributed by atoms with Gasteiger partial charge in [-0.05, 0) is 42.8 Å². The van der Waals surface area contributed by atoms with E-state index in [0.29, 0.717) is 42.4 Å². The van der Waals surface area contributed by atoms with Gasteiger partial charge in [0.1, 0.15) is 11.3 Å². The second-order valence-electron chi connectivity index (χ2n) is 6.53. The van der Waals surface area contributed by atoms with Crippen LogP contribution in [0.15, 0.2) is 42.6 Å². The predicted octanol–water partition coefficient (Wildman–Crippen LogP) is 3.84. The van der Waals surface area contributed by atoms with Gasteiger partial charge in [-0.2, -0.15) is 0 Å². The molecule has 0 spiro atoms. The zero-order chi connectivity index (χ0) is 21.5. The summed E-state index contributed by atoms with van der Waals surface area (Å²) in [5, 5.41) is 18.0. The van der Waals surface area contributed by atoms with E-state index in [1.54, 1.807) is 22.7 Å². The number of nitrogens with one attached hydrogen (secondary N) is 3. The fraction of sp³-hybridized carbons (Fsp3) is 0.286. The third-order valence-corrected chi connectivity index (χ3v) is 4.72. The van der Waals surface area contributed by atoms with Gasteiger partial charge in [-0.1, -0.05) is 30.7 Å². The molecule has 2 aromatic heterocycles. The van der Waals surface area contributed by atoms with Crippen LogP contribution in [0.25, 0.3) is 11.0 Å². The van der Waals surface area contributed by atoms with Crippen molar-refractivity contribution in [1.29, 1.82) is 5.41 Å². The number of rotatable bonds is 8. The van der Waals surface area contributed by atoms with E-state index in [4.69, 9.17) is 17.0 Å². The number of amides is 1. The van der Waals surface area contributed by atoms with Crippen LogP contribution in [0.1, 0.15) is 28.7 Å². The molecule has 0 aliphatic carbocycles. The van der Waals surface area contributed by atoms with E-state index in [1.165, 1.54) is 7.11 Å². The molecule has 3 aromatic rings. The van der Waals surface area contributed by atoms with Crippen LogP contribution in [0.5, 0.6) is 0 Å². The van der Waals surface area contributed by atoms with Gasteiger partial charge in [-0.15, -0.1) is 0 Å². The Morgan fingerprint density at radius 1 is 1.26 bits per heavy atom. The zero-order valence-electron chi connectivity index (χ0n) is 17.2. The van der Waals surface area contributed by atoms with Gasteiger partial charge in [-0.3, -0.25) is 9.20 Å². The summed E-state index contributed by atoms with van der Waals surface area (Å²) < 4.78 is 6.41. The van der Waals surface area contributed by atoms with Crippen LogP contribution in [0.2, 0.25) is 5.02 Å². The van der Waals surface area contributed by atoms with Crippen LogP contribution < -0.4 is 10.6 Å². The number of nitrogens with zero attached hydrogens (tertiary/aromatic N) is 3. The molecule has 0 atom stereocenters. The number of carbonyl (C=O) groups excluding carboxylic acids is 1. The van der Waals surface area contributed by atoms with Crippen LogP contribution in [0.4, 0.5) is 5.69 Å². The predicted molar refractivity (Wildman–Crippen MR) is 119 cm³/mol. The molecule has 0 unspecified atom stereocenters. The van der Waals surface area contributed by atoms with Crippen LogP contribution in [0, 0.1) is 5.41 Å². The molecular weight excluding hydrogens is 599 g/mol. The first-order valence-corrected chi connectivity index (χ1v) is 9.97. The molecule has 0 bridgehead atoms. The minimum Gasteiger partial charge on any atom is -0.505 e. The molecule has 1 aromatic carbocycles. The maximum absolute atomic E-state index is 12.8. The number of hydrogen-bond donors (Lipinski definition) is 3. The minimum absolute atomic E-state index is 0. The smallest absolute Gasteiger partial charge is 0.270 e. The number of halogens is 1. The number of carbonyl (C=O) groups is 1. The van der Waals surface area contributed by atoms with Crippen molar-refractivity contribution in [3.8, 4) is 0 Å². The third-order valence-electron chi connectivity index (χ3n) is 4.50. The summed E-state index contributed by atoms with van der Waals surface area (Å²) in [5.74, 6) is -0.189. The Kier molecular flexibility index (Phi) is 9.34. The molecule has 0 fully saturated rings. The van der Waals surface area contributed by atoms with E-state index in [0.717, 1.165) is 16.9 Å². The Balaban J connectivity index is 0.00000341. The summed E-state index contributed by atoms with van der Waals surface area (Å²) in [7, 11) is 1.42. The number of methoxy groups -OCH3 is 1. The average Bonchev–Trinajstić information content (AvgIpc) is 3.13. The normalized spacial score (nSPS) is 10.3. The number of benzene rings is 1. The fourth-order valence-electron chi connectivity index (χ4n) is 2.98. The summed E-state index contributed by atoms with van der Waals surface area (Å²) in [6.45, 7) is 3.42. The molecule has 3 N–H and O–H groups in total. The Hall–Kier alpha value is -2.57. The summed E-state index contributed by atoms with van der Waals surface area (Å²) in [5.41, 5.74) is 3.86. The van der Waals surface area contributed by atoms with Crippen molar-refractivity contribution in [2.45, 2.75) is 19.9 Å². The Morgan fingerprint density at radius 3 is 2.68 bits per heavy atom. The first-order valence-electron chi connectivity index (χ1n) is 9.59. The molecule has 0 aliphatic heterocycles. The molecule has 3 rings (SSSR count). The second-order valence-corrected chi connectivity index (χ2v) is 6.97. The SMILES string of the molecule is CCc1nc2ccc(Cl)cn2c1C(=O)NCc1ccc(NCC[N-]C(=N)OC)cc1.[Pt]. The number of anilines is 1. The molecule has 0 saturated carbocycles. The van der Waals surface area contributed by atoms with E-state index in [9.17, 15) is 4.79 Å². The van der Waals surface area contributed by atoms with E-state index in [1.807, 2.05) is 31.2 Å². The quantitative estimate of drug-likeness (QED) is 0.202. The van der Waals surface area contributed by atoms with Crippen LogP contribution >= 0.6 is 11.6 Å². The molecule has 168 valence electrons. The molecule has 2 heterocycles. The van der Waals surface area contributed by atoms with E-state index < -0.39 is 0 Å². The van der Waals surface area contributed by atoms with E-state index in [-0.39, 0.29) is 33.0 Å². The van der Waals surface area contributed by atoms with Crippen LogP contribution in [-0.2, 0) is 38.8 Å². The number of fused-ring (bicyclic) bond motifs is 1. The van der Waals surface area contributed by atoms with Gasteiger partial charge < -0.3 is 26.1 Å². The largest absolute Gasteiger partial charge is 0.505 e. The first kappa shape index (κ1) is 24.7. The van der Waals surface area contributed by atoms with Gasteiger partial charge in [-0.25, -0.2) is 4.98 Å². The van der Waals surface area contributed by atoms with Crippen LogP contribution in [0.3, 0.4) is 0 Å². The average molecular weight is 623 g/mol. The molecule has 10 heteroatoms. The number of aromatic nitrogens is 2. The number of amidine groups is 1. The number of ether oxygens (including phenoxy) is 1. The molecule has 0 radical (unpaired) electrons. The number of imidazole rings is 1. The van der Waals surface area contributed by atoms with E-state index in [2.05, 4.69) is 25.7 Å². The zero-order valence-corrected chi connectivity index (χ0v) is 20.3. The van der Waals surface area contributed by atoms with Crippen molar-refractivity contribution >= 4 is 34.9 Å². The minimum atomic E-state index is -0.189. The molecule has 8 nitrogen and oxygen atoms in total. The number of hydrogen-bond acceptors (Lipinski definition) is 5. The van der Waals surface area contributed by atoms with Gasteiger partial charge in [0.25, 0.3) is 5.91 Å². The van der Waals surface area contributed by atoms with Gasteiger partial charge in [0.15, 0.2) is 0 Å². The van der Waals surface area contributed by atoms with Crippen molar-refractivity contribution < 1.29 is 30.6 Å². The number of pyridine rings is 1. The second kappa shape index (κ2) is 11.7. The topological polar surface area (TPSA) is 106 Å². The van der Waals surface area contributed by atoms with Crippen molar-refractivity contribution in [2.75, 3.05) is 25.5 Å². The van der Waals surface area contributed by atoms with Gasteiger partial charge >= 0.3 is 0 Å². The maximum Gasteiger partial charge on any atom is 0.270 e. The maximum atomic E-state index is 12.8. The summed E-state index contributed by atoms with van der Waals surface area (Å²) >= 11 is 6.09. The summed E-state index contributed by atoms with van der Waals surface area (Å²) in [4.78, 5) is 17.4.